The number of nitrogens with one attached hydrogen (secondary N) is 2. The molecule has 2 heterocycles. The lowest BCUT2D eigenvalue weighted by atomic mass is 9.98. The number of thiazole rings is 1. The topological polar surface area (TPSA) is 238 Å². The maximum absolute atomic E-state index is 12.5. The summed E-state index contributed by atoms with van der Waals surface area (Å²) in [5, 5.41) is 31.7. The molecule has 0 unspecified atom stereocenters. The van der Waals surface area contributed by atoms with Crippen molar-refractivity contribution >= 4 is 47.4 Å². The molecule has 2 aromatic carbocycles. The number of fused-ring (bicyclic) bond motifs is 1. The van der Waals surface area contributed by atoms with Gasteiger partial charge in [0.25, 0.3) is 0 Å². The van der Waals surface area contributed by atoms with Crippen LogP contribution in [0.2, 0.25) is 0 Å². The molecule has 0 atom stereocenters. The van der Waals surface area contributed by atoms with E-state index < -0.39 is 29.8 Å². The standard InChI is InChI=1S/C15H13N9O4S3/c16-13(17)15-20-11-7(2-1-3-8(11)29-15)6-4-5-9(30(18,25)26)12(31(19,27)28)10(6)14-21-23-24-22-14/h1-5H,(H3,16,17)(H2,18,25,26)(H2,19,27,28)(H,21,22,23,24). The van der Waals surface area contributed by atoms with Crippen molar-refractivity contribution in [2.24, 2.45) is 16.0 Å². The molecular formula is C15H13N9O4S3. The summed E-state index contributed by atoms with van der Waals surface area (Å²) in [6, 6.07) is 7.45. The van der Waals surface area contributed by atoms with Gasteiger partial charge in [-0.1, -0.05) is 18.2 Å². The number of primary sulfonamides is 2. The minimum atomic E-state index is -4.62. The van der Waals surface area contributed by atoms with Gasteiger partial charge in [-0.2, -0.15) is 5.21 Å². The number of hydrogen-bond donors (Lipinski definition) is 5. The Bertz CT molecular complexity index is 1560. The summed E-state index contributed by atoms with van der Waals surface area (Å²) >= 11 is 1.17. The maximum atomic E-state index is 12.5. The highest BCUT2D eigenvalue weighted by Crippen LogP contribution is 2.41. The van der Waals surface area contributed by atoms with Gasteiger partial charge in [-0.3, -0.25) is 5.41 Å². The second-order valence-corrected chi connectivity index (χ2v) is 10.3. The highest BCUT2D eigenvalue weighted by molar-refractivity contribution is 7.92. The molecule has 2 aromatic heterocycles. The molecule has 4 rings (SSSR count). The van der Waals surface area contributed by atoms with Gasteiger partial charge in [0.1, 0.15) is 9.79 Å². The van der Waals surface area contributed by atoms with Gasteiger partial charge in [-0.25, -0.2) is 32.1 Å². The lowest BCUT2D eigenvalue weighted by Crippen LogP contribution is -2.22. The number of sulfonamides is 2. The second-order valence-electron chi connectivity index (χ2n) is 6.23. The minimum absolute atomic E-state index is 0.212. The first-order valence-electron chi connectivity index (χ1n) is 8.19. The monoisotopic (exact) mass is 479 g/mol. The van der Waals surface area contributed by atoms with Crippen molar-refractivity contribution in [3.8, 4) is 22.5 Å². The maximum Gasteiger partial charge on any atom is 0.240 e. The van der Waals surface area contributed by atoms with Crippen LogP contribution >= 0.6 is 11.3 Å². The van der Waals surface area contributed by atoms with Crippen LogP contribution in [-0.4, -0.2) is 48.3 Å². The van der Waals surface area contributed by atoms with E-state index in [0.717, 1.165) is 6.07 Å². The molecule has 8 N–H and O–H groups in total. The summed E-state index contributed by atoms with van der Waals surface area (Å²) in [7, 11) is -9.10. The molecule has 0 aliphatic heterocycles. The molecular weight excluding hydrogens is 466 g/mol. The van der Waals surface area contributed by atoms with Crippen molar-refractivity contribution in [3.05, 3.63) is 35.3 Å². The van der Waals surface area contributed by atoms with E-state index >= 15 is 0 Å². The Balaban J connectivity index is 2.19. The van der Waals surface area contributed by atoms with E-state index in [-0.39, 0.29) is 27.8 Å². The van der Waals surface area contributed by atoms with Crippen LogP contribution in [0.5, 0.6) is 0 Å². The minimum Gasteiger partial charge on any atom is -0.382 e. The number of H-pyrrole nitrogens is 1. The number of benzene rings is 2. The van der Waals surface area contributed by atoms with Crippen LogP contribution in [0.1, 0.15) is 5.01 Å². The number of aromatic amines is 1. The molecule has 0 spiro atoms. The smallest absolute Gasteiger partial charge is 0.240 e. The molecule has 160 valence electrons. The lowest BCUT2D eigenvalue weighted by Gasteiger charge is -2.15. The highest BCUT2D eigenvalue weighted by Gasteiger charge is 2.31. The summed E-state index contributed by atoms with van der Waals surface area (Å²) in [5.74, 6) is -0.455. The molecule has 13 nitrogen and oxygen atoms in total. The Kier molecular flexibility index (Phi) is 4.82. The van der Waals surface area contributed by atoms with Crippen molar-refractivity contribution in [3.63, 3.8) is 0 Å². The van der Waals surface area contributed by atoms with Crippen LogP contribution in [-0.2, 0) is 20.0 Å². The zero-order chi connectivity index (χ0) is 22.6. The summed E-state index contributed by atoms with van der Waals surface area (Å²) in [4.78, 5) is 2.87. The number of nitrogens with zero attached hydrogens (tertiary/aromatic N) is 4. The van der Waals surface area contributed by atoms with Gasteiger partial charge in [0.2, 0.25) is 25.9 Å². The van der Waals surface area contributed by atoms with Gasteiger partial charge in [-0.15, -0.1) is 21.5 Å². The molecule has 0 bridgehead atoms. The Hall–Kier alpha value is -3.31. The van der Waals surface area contributed by atoms with Gasteiger partial charge < -0.3 is 5.73 Å². The predicted molar refractivity (Wildman–Crippen MR) is 112 cm³/mol. The molecule has 0 saturated heterocycles. The number of nitrogens with two attached hydrogens (primary N) is 3. The molecule has 0 saturated carbocycles. The Labute approximate surface area is 178 Å². The summed E-state index contributed by atoms with van der Waals surface area (Å²) < 4.78 is 49.8. The van der Waals surface area contributed by atoms with Crippen LogP contribution < -0.4 is 16.0 Å². The van der Waals surface area contributed by atoms with E-state index in [0.29, 0.717) is 15.8 Å². The molecule has 0 radical (unpaired) electrons. The molecule has 16 heteroatoms. The van der Waals surface area contributed by atoms with Crippen molar-refractivity contribution in [1.29, 1.82) is 5.41 Å². The third kappa shape index (κ3) is 3.66. The fourth-order valence-corrected chi connectivity index (χ4v) is 6.07. The van der Waals surface area contributed by atoms with E-state index in [9.17, 15) is 16.8 Å². The zero-order valence-electron chi connectivity index (χ0n) is 15.3. The number of aromatic nitrogens is 5. The van der Waals surface area contributed by atoms with Crippen LogP contribution in [0, 0.1) is 5.41 Å². The molecule has 0 aliphatic carbocycles. The second kappa shape index (κ2) is 7.13. The zero-order valence-corrected chi connectivity index (χ0v) is 17.7. The van der Waals surface area contributed by atoms with Gasteiger partial charge in [-0.05, 0) is 22.9 Å². The molecule has 0 fully saturated rings. The van der Waals surface area contributed by atoms with Gasteiger partial charge >= 0.3 is 0 Å². The largest absolute Gasteiger partial charge is 0.382 e. The summed E-state index contributed by atoms with van der Waals surface area (Å²) in [6.07, 6.45) is 0. The third-order valence-electron chi connectivity index (χ3n) is 4.22. The number of nitrogen functional groups attached to an aromatic ring is 1. The molecule has 4 aromatic rings. The first-order valence-corrected chi connectivity index (χ1v) is 12.1. The van der Waals surface area contributed by atoms with E-state index in [1.54, 1.807) is 18.2 Å². The quantitative estimate of drug-likeness (QED) is 0.186. The number of rotatable bonds is 5. The Morgan fingerprint density at radius 1 is 1.03 bits per heavy atom. The van der Waals surface area contributed by atoms with Crippen molar-refractivity contribution in [2.45, 2.75) is 9.79 Å². The van der Waals surface area contributed by atoms with Crippen LogP contribution in [0.4, 0.5) is 0 Å². The number of para-hydroxylation sites is 1. The van der Waals surface area contributed by atoms with E-state index in [1.807, 2.05) is 0 Å². The number of tetrazole rings is 1. The van der Waals surface area contributed by atoms with E-state index in [2.05, 4.69) is 25.6 Å². The SMILES string of the molecule is N=C(N)c1nc2c(-c3ccc(S(N)(=O)=O)c(S(N)(=O)=O)c3-c3nn[nH]n3)cccc2s1. The van der Waals surface area contributed by atoms with Gasteiger partial charge in [0.15, 0.2) is 10.8 Å². The van der Waals surface area contributed by atoms with Crippen LogP contribution in [0.15, 0.2) is 40.1 Å². The number of amidine groups is 1. The summed E-state index contributed by atoms with van der Waals surface area (Å²) in [5.41, 5.74) is 6.36. The van der Waals surface area contributed by atoms with Crippen molar-refractivity contribution in [2.75, 3.05) is 0 Å². The van der Waals surface area contributed by atoms with Crippen LogP contribution in [0.25, 0.3) is 32.7 Å². The fraction of sp³-hybridized carbons (Fsp3) is 0. The average Bonchev–Trinajstić information content (AvgIpc) is 3.34. The van der Waals surface area contributed by atoms with Gasteiger partial charge in [0, 0.05) is 5.56 Å². The highest BCUT2D eigenvalue weighted by atomic mass is 32.2. The normalized spacial score (nSPS) is 12.3. The number of hydrogen-bond acceptors (Lipinski definition) is 10. The molecule has 0 amide bonds. The van der Waals surface area contributed by atoms with Gasteiger partial charge in [0.05, 0.1) is 15.8 Å². The molecule has 31 heavy (non-hydrogen) atoms. The summed E-state index contributed by atoms with van der Waals surface area (Å²) in [6.45, 7) is 0. The lowest BCUT2D eigenvalue weighted by molar-refractivity contribution is 0.584. The van der Waals surface area contributed by atoms with E-state index in [1.165, 1.54) is 17.4 Å². The average molecular weight is 480 g/mol. The third-order valence-corrected chi connectivity index (χ3v) is 7.35. The predicted octanol–water partition coefficient (Wildman–Crippen LogP) is -0.278. The first-order chi connectivity index (χ1) is 14.5. The van der Waals surface area contributed by atoms with Crippen molar-refractivity contribution < 1.29 is 16.8 Å². The Morgan fingerprint density at radius 3 is 2.35 bits per heavy atom. The van der Waals surface area contributed by atoms with Crippen LogP contribution in [0.3, 0.4) is 0 Å². The van der Waals surface area contributed by atoms with E-state index in [4.69, 9.17) is 21.4 Å². The molecule has 0 aliphatic rings. The fourth-order valence-electron chi connectivity index (χ4n) is 3.07. The Morgan fingerprint density at radius 2 is 1.77 bits per heavy atom. The first kappa shape index (κ1) is 20.9. The van der Waals surface area contributed by atoms with Crippen molar-refractivity contribution in [1.82, 2.24) is 25.6 Å².